The molecular weight excluding hydrogens is 317 g/mol. The van der Waals surface area contributed by atoms with Gasteiger partial charge in [0.05, 0.1) is 11.8 Å². The lowest BCUT2D eigenvalue weighted by atomic mass is 10.1. The van der Waals surface area contributed by atoms with Gasteiger partial charge in [-0.05, 0) is 36.7 Å². The topological polar surface area (TPSA) is 53.5 Å². The monoisotopic (exact) mass is 337 g/mol. The van der Waals surface area contributed by atoms with E-state index in [0.717, 1.165) is 18.5 Å². The van der Waals surface area contributed by atoms with Crippen molar-refractivity contribution in [3.63, 3.8) is 0 Å². The Morgan fingerprint density at radius 2 is 2.00 bits per heavy atom. The van der Waals surface area contributed by atoms with Crippen molar-refractivity contribution in [3.8, 4) is 0 Å². The van der Waals surface area contributed by atoms with Gasteiger partial charge in [0.25, 0.3) is 0 Å². The number of sulfonamides is 1. The lowest BCUT2D eigenvalue weighted by Gasteiger charge is -2.21. The molecule has 2 heterocycles. The Labute approximate surface area is 135 Å². The van der Waals surface area contributed by atoms with Crippen molar-refractivity contribution in [1.82, 2.24) is 14.2 Å². The highest BCUT2D eigenvalue weighted by Crippen LogP contribution is 2.21. The van der Waals surface area contributed by atoms with E-state index in [2.05, 4.69) is 9.88 Å². The van der Waals surface area contributed by atoms with E-state index in [1.165, 1.54) is 16.6 Å². The number of hydrogen-bond donors (Lipinski definition) is 0. The first-order valence-electron chi connectivity index (χ1n) is 7.65. The molecule has 124 valence electrons. The normalized spacial score (nSPS) is 18.2. The van der Waals surface area contributed by atoms with Gasteiger partial charge in [-0.15, -0.1) is 0 Å². The maximum absolute atomic E-state index is 13.9. The molecule has 1 aliphatic rings. The minimum Gasteiger partial charge on any atom is -0.298 e. The first kappa shape index (κ1) is 16.3. The van der Waals surface area contributed by atoms with Crippen molar-refractivity contribution in [3.05, 3.63) is 41.8 Å². The first-order valence-corrected chi connectivity index (χ1v) is 9.49. The molecule has 5 nitrogen and oxygen atoms in total. The summed E-state index contributed by atoms with van der Waals surface area (Å²) in [7, 11) is -3.14. The fraction of sp³-hybridized carbons (Fsp3) is 0.438. The molecule has 0 spiro atoms. The van der Waals surface area contributed by atoms with Gasteiger partial charge in [-0.3, -0.25) is 9.88 Å². The third-order valence-electron chi connectivity index (χ3n) is 4.21. The molecule has 1 aromatic heterocycles. The fourth-order valence-corrected chi connectivity index (χ4v) is 3.88. The van der Waals surface area contributed by atoms with Crippen molar-refractivity contribution in [1.29, 1.82) is 0 Å². The second kappa shape index (κ2) is 6.51. The van der Waals surface area contributed by atoms with E-state index in [9.17, 15) is 12.8 Å². The highest BCUT2D eigenvalue weighted by atomic mass is 32.2. The van der Waals surface area contributed by atoms with Gasteiger partial charge in [0, 0.05) is 37.8 Å². The summed E-state index contributed by atoms with van der Waals surface area (Å²) in [4.78, 5) is 6.51. The van der Waals surface area contributed by atoms with Crippen molar-refractivity contribution in [2.24, 2.45) is 0 Å². The lowest BCUT2D eigenvalue weighted by molar-refractivity contribution is 0.279. The quantitative estimate of drug-likeness (QED) is 0.858. The van der Waals surface area contributed by atoms with Crippen LogP contribution >= 0.6 is 0 Å². The number of nitrogens with zero attached hydrogens (tertiary/aromatic N) is 3. The van der Waals surface area contributed by atoms with E-state index in [-0.39, 0.29) is 5.82 Å². The predicted molar refractivity (Wildman–Crippen MR) is 88.0 cm³/mol. The number of aromatic nitrogens is 1. The first-order chi connectivity index (χ1) is 10.9. The summed E-state index contributed by atoms with van der Waals surface area (Å²) < 4.78 is 38.7. The van der Waals surface area contributed by atoms with Crippen LogP contribution in [0.15, 0.2) is 30.5 Å². The van der Waals surface area contributed by atoms with Gasteiger partial charge in [-0.25, -0.2) is 17.1 Å². The Hall–Kier alpha value is -1.57. The van der Waals surface area contributed by atoms with Crippen LogP contribution in [0.1, 0.15) is 12.0 Å². The smallest absolute Gasteiger partial charge is 0.211 e. The van der Waals surface area contributed by atoms with E-state index < -0.39 is 10.0 Å². The molecule has 0 atom stereocenters. The van der Waals surface area contributed by atoms with E-state index in [4.69, 9.17) is 0 Å². The van der Waals surface area contributed by atoms with E-state index in [1.807, 2.05) is 0 Å². The molecule has 0 aliphatic carbocycles. The molecule has 0 saturated carbocycles. The molecule has 3 rings (SSSR count). The summed E-state index contributed by atoms with van der Waals surface area (Å²) >= 11 is 0. The second-order valence-corrected chi connectivity index (χ2v) is 7.88. The van der Waals surface area contributed by atoms with E-state index >= 15 is 0 Å². The van der Waals surface area contributed by atoms with Crippen molar-refractivity contribution in [2.45, 2.75) is 13.0 Å². The van der Waals surface area contributed by atoms with Crippen LogP contribution in [-0.2, 0) is 16.6 Å². The second-order valence-electron chi connectivity index (χ2n) is 5.90. The number of halogens is 1. The summed E-state index contributed by atoms with van der Waals surface area (Å²) in [5.74, 6) is -0.268. The summed E-state index contributed by atoms with van der Waals surface area (Å²) in [5.41, 5.74) is 1.64. The number of fused-ring (bicyclic) bond motifs is 1. The Morgan fingerprint density at radius 1 is 1.17 bits per heavy atom. The van der Waals surface area contributed by atoms with Crippen LogP contribution in [0, 0.1) is 5.82 Å². The maximum Gasteiger partial charge on any atom is 0.211 e. The molecule has 23 heavy (non-hydrogen) atoms. The fourth-order valence-electron chi connectivity index (χ4n) is 3.00. The molecule has 0 N–H and O–H groups in total. The zero-order valence-electron chi connectivity index (χ0n) is 13.1. The molecule has 0 unspecified atom stereocenters. The average molecular weight is 337 g/mol. The summed E-state index contributed by atoms with van der Waals surface area (Å²) in [6.45, 7) is 3.17. The standard InChI is InChI=1S/C16H20FN3O2S/c1-23(21,22)20-9-3-8-19(10-11-20)12-13-5-6-15(17)14-4-2-7-18-16(13)14/h2,4-7H,3,8-12H2,1H3. The van der Waals surface area contributed by atoms with Crippen LogP contribution in [0.3, 0.4) is 0 Å². The van der Waals surface area contributed by atoms with Gasteiger partial charge in [0.2, 0.25) is 10.0 Å². The third kappa shape index (κ3) is 3.68. The Bertz CT molecular complexity index is 810. The Balaban J connectivity index is 1.79. The number of benzene rings is 1. The summed E-state index contributed by atoms with van der Waals surface area (Å²) in [6.07, 6.45) is 3.71. The minimum absolute atomic E-state index is 0.268. The molecule has 7 heteroatoms. The molecule has 0 amide bonds. The predicted octanol–water partition coefficient (Wildman–Crippen LogP) is 1.84. The zero-order valence-corrected chi connectivity index (χ0v) is 13.9. The molecule has 0 bridgehead atoms. The van der Waals surface area contributed by atoms with Gasteiger partial charge < -0.3 is 0 Å². The summed E-state index contributed by atoms with van der Waals surface area (Å²) in [5, 5.41) is 0.526. The Kier molecular flexibility index (Phi) is 4.61. The molecular formula is C16H20FN3O2S. The zero-order chi connectivity index (χ0) is 16.4. The molecule has 1 fully saturated rings. The molecule has 2 aromatic rings. The SMILES string of the molecule is CS(=O)(=O)N1CCCN(Cc2ccc(F)c3cccnc23)CC1. The van der Waals surface area contributed by atoms with Gasteiger partial charge in [0.1, 0.15) is 5.82 Å². The van der Waals surface area contributed by atoms with Crippen molar-refractivity contribution >= 4 is 20.9 Å². The molecule has 1 aliphatic heterocycles. The third-order valence-corrected chi connectivity index (χ3v) is 5.51. The van der Waals surface area contributed by atoms with Crippen LogP contribution in [0.2, 0.25) is 0 Å². The molecule has 1 saturated heterocycles. The number of rotatable bonds is 3. The van der Waals surface area contributed by atoms with Gasteiger partial charge in [0.15, 0.2) is 0 Å². The van der Waals surface area contributed by atoms with Crippen LogP contribution in [0.5, 0.6) is 0 Å². The summed E-state index contributed by atoms with van der Waals surface area (Å²) in [6, 6.07) is 6.70. The van der Waals surface area contributed by atoms with E-state index in [0.29, 0.717) is 37.1 Å². The largest absolute Gasteiger partial charge is 0.298 e. The minimum atomic E-state index is -3.14. The highest BCUT2D eigenvalue weighted by Gasteiger charge is 2.21. The van der Waals surface area contributed by atoms with Crippen LogP contribution in [0.4, 0.5) is 4.39 Å². The number of pyridine rings is 1. The highest BCUT2D eigenvalue weighted by molar-refractivity contribution is 7.88. The number of hydrogen-bond acceptors (Lipinski definition) is 4. The average Bonchev–Trinajstić information content (AvgIpc) is 2.76. The van der Waals surface area contributed by atoms with Crippen molar-refractivity contribution in [2.75, 3.05) is 32.4 Å². The van der Waals surface area contributed by atoms with Gasteiger partial charge in [-0.1, -0.05) is 6.07 Å². The molecule has 0 radical (unpaired) electrons. The van der Waals surface area contributed by atoms with Crippen LogP contribution in [-0.4, -0.2) is 55.0 Å². The van der Waals surface area contributed by atoms with Crippen molar-refractivity contribution < 1.29 is 12.8 Å². The van der Waals surface area contributed by atoms with Crippen LogP contribution in [0.25, 0.3) is 10.9 Å². The van der Waals surface area contributed by atoms with E-state index in [1.54, 1.807) is 24.4 Å². The Morgan fingerprint density at radius 3 is 2.78 bits per heavy atom. The maximum atomic E-state index is 13.9. The molecule has 1 aromatic carbocycles. The van der Waals surface area contributed by atoms with Crippen LogP contribution < -0.4 is 0 Å². The van der Waals surface area contributed by atoms with Gasteiger partial charge in [-0.2, -0.15) is 0 Å². The van der Waals surface area contributed by atoms with Gasteiger partial charge >= 0.3 is 0 Å². The lowest BCUT2D eigenvalue weighted by Crippen LogP contribution is -2.34.